The van der Waals surface area contributed by atoms with E-state index in [9.17, 15) is 0 Å². The Morgan fingerprint density at radius 1 is 1.88 bits per heavy atom. The van der Waals surface area contributed by atoms with Crippen LogP contribution in [0.2, 0.25) is 0 Å². The van der Waals surface area contributed by atoms with Crippen LogP contribution in [0.1, 0.15) is 0 Å². The van der Waals surface area contributed by atoms with Gasteiger partial charge in [0.2, 0.25) is 5.96 Å². The zero-order chi connectivity index (χ0) is 6.41. The minimum atomic E-state index is 0.139. The van der Waals surface area contributed by atoms with E-state index in [1.165, 1.54) is 0 Å². The summed E-state index contributed by atoms with van der Waals surface area (Å²) in [5.41, 5.74) is 5.09. The van der Waals surface area contributed by atoms with Crippen molar-refractivity contribution < 1.29 is 0 Å². The molecule has 8 heavy (non-hydrogen) atoms. The first-order chi connectivity index (χ1) is 3.81. The molecule has 3 nitrogen and oxygen atoms in total. The van der Waals surface area contributed by atoms with Gasteiger partial charge in [0.15, 0.2) is 0 Å². The van der Waals surface area contributed by atoms with Crippen LogP contribution in [-0.4, -0.2) is 12.5 Å². The summed E-state index contributed by atoms with van der Waals surface area (Å²) >= 11 is 4.22. The Morgan fingerprint density at radius 2 is 2.50 bits per heavy atom. The van der Waals surface area contributed by atoms with E-state index < -0.39 is 0 Å². The second-order valence-corrected chi connectivity index (χ2v) is 1.26. The second kappa shape index (κ2) is 4.39. The fourth-order valence-electron chi connectivity index (χ4n) is 0.187. The molecule has 0 radical (unpaired) electrons. The lowest BCUT2D eigenvalue weighted by molar-refractivity contribution is 1.22. The molecule has 0 atom stereocenters. The summed E-state index contributed by atoms with van der Waals surface area (Å²) < 4.78 is 3.19. The third kappa shape index (κ3) is 3.42. The van der Waals surface area contributed by atoms with E-state index in [0.29, 0.717) is 6.54 Å². The van der Waals surface area contributed by atoms with Crippen LogP contribution in [0.25, 0.3) is 0 Å². The SMILES string of the molecule is C=CCN=C(N)N=S. The molecule has 0 aromatic heterocycles. The maximum Gasteiger partial charge on any atom is 0.227 e. The molecule has 2 N–H and O–H groups in total. The molecule has 0 rings (SSSR count). The number of nitrogens with two attached hydrogens (primary N) is 1. The summed E-state index contributed by atoms with van der Waals surface area (Å²) in [7, 11) is 0. The normalized spacial score (nSPS) is 10.8. The van der Waals surface area contributed by atoms with Crippen molar-refractivity contribution in [2.75, 3.05) is 6.54 Å². The average molecular weight is 129 g/mol. The number of guanidine groups is 1. The van der Waals surface area contributed by atoms with Crippen LogP contribution in [0.5, 0.6) is 0 Å². The predicted molar refractivity (Wildman–Crippen MR) is 36.5 cm³/mol. The van der Waals surface area contributed by atoms with Crippen LogP contribution >= 0.6 is 0 Å². The minimum Gasteiger partial charge on any atom is -0.367 e. The molecule has 0 aromatic carbocycles. The van der Waals surface area contributed by atoms with Gasteiger partial charge in [-0.25, -0.2) is 4.99 Å². The molecule has 0 heterocycles. The molecule has 0 saturated carbocycles. The molecular weight excluding hydrogens is 122 g/mol. The Balaban J connectivity index is 3.56. The fraction of sp³-hybridized carbons (Fsp3) is 0.250. The van der Waals surface area contributed by atoms with Crippen molar-refractivity contribution in [2.45, 2.75) is 0 Å². The van der Waals surface area contributed by atoms with Crippen molar-refractivity contribution in [3.8, 4) is 0 Å². The molecular formula is C4H7N3S. The first-order valence-electron chi connectivity index (χ1n) is 2.05. The van der Waals surface area contributed by atoms with E-state index >= 15 is 0 Å². The highest BCUT2D eigenvalue weighted by molar-refractivity contribution is 7.47. The van der Waals surface area contributed by atoms with Crippen LogP contribution in [0.4, 0.5) is 0 Å². The van der Waals surface area contributed by atoms with Gasteiger partial charge in [-0.3, -0.25) is 0 Å². The van der Waals surface area contributed by atoms with Gasteiger partial charge in [-0.05, 0) is 0 Å². The summed E-state index contributed by atoms with van der Waals surface area (Å²) in [5.74, 6) is 0.139. The third-order valence-corrected chi connectivity index (χ3v) is 0.663. The van der Waals surface area contributed by atoms with Crippen LogP contribution in [0, 0.1) is 0 Å². The van der Waals surface area contributed by atoms with Crippen molar-refractivity contribution in [3.63, 3.8) is 0 Å². The van der Waals surface area contributed by atoms with Gasteiger partial charge in [0, 0.05) is 12.4 Å². The first kappa shape index (κ1) is 7.23. The highest BCUT2D eigenvalue weighted by atomic mass is 32.1. The molecule has 0 aliphatic heterocycles. The lowest BCUT2D eigenvalue weighted by Gasteiger charge is -1.83. The van der Waals surface area contributed by atoms with Crippen LogP contribution in [0.15, 0.2) is 22.0 Å². The Hall–Kier alpha value is -0.770. The molecule has 0 unspecified atom stereocenters. The van der Waals surface area contributed by atoms with Gasteiger partial charge >= 0.3 is 0 Å². The van der Waals surface area contributed by atoms with E-state index in [1.807, 2.05) is 0 Å². The smallest absolute Gasteiger partial charge is 0.227 e. The molecule has 0 aromatic rings. The number of hydrogen-bond acceptors (Lipinski definition) is 2. The van der Waals surface area contributed by atoms with E-state index in [-0.39, 0.29) is 5.96 Å². The van der Waals surface area contributed by atoms with E-state index in [0.717, 1.165) is 0 Å². The van der Waals surface area contributed by atoms with Gasteiger partial charge in [-0.2, -0.15) is 0 Å². The highest BCUT2D eigenvalue weighted by Crippen LogP contribution is 1.71. The van der Waals surface area contributed by atoms with Crippen LogP contribution in [-0.2, 0) is 12.4 Å². The van der Waals surface area contributed by atoms with Crippen molar-refractivity contribution in [2.24, 2.45) is 15.1 Å². The largest absolute Gasteiger partial charge is 0.367 e. The first-order valence-corrected chi connectivity index (χ1v) is 2.42. The molecule has 44 valence electrons. The third-order valence-electron chi connectivity index (χ3n) is 0.476. The summed E-state index contributed by atoms with van der Waals surface area (Å²) in [4.78, 5) is 3.67. The highest BCUT2D eigenvalue weighted by Gasteiger charge is 1.77. The molecule has 0 bridgehead atoms. The maximum absolute atomic E-state index is 5.09. The lowest BCUT2D eigenvalue weighted by Crippen LogP contribution is -2.06. The van der Waals surface area contributed by atoms with Gasteiger partial charge in [-0.15, -0.1) is 10.9 Å². The number of aliphatic imine (C=N–C) groups is 1. The molecule has 0 fully saturated rings. The molecule has 0 saturated heterocycles. The summed E-state index contributed by atoms with van der Waals surface area (Å²) in [6, 6.07) is 0. The van der Waals surface area contributed by atoms with Crippen molar-refractivity contribution in [1.82, 2.24) is 0 Å². The van der Waals surface area contributed by atoms with Crippen molar-refractivity contribution in [3.05, 3.63) is 12.7 Å². The molecule has 4 heteroatoms. The van der Waals surface area contributed by atoms with Gasteiger partial charge < -0.3 is 5.73 Å². The van der Waals surface area contributed by atoms with Crippen molar-refractivity contribution in [1.29, 1.82) is 0 Å². The Bertz CT molecular complexity index is 118. The monoisotopic (exact) mass is 129 g/mol. The molecule has 0 aliphatic carbocycles. The molecule has 0 amide bonds. The van der Waals surface area contributed by atoms with Gasteiger partial charge in [0.1, 0.15) is 0 Å². The average Bonchev–Trinajstić information content (AvgIpc) is 1.83. The molecule has 0 spiro atoms. The Kier molecular flexibility index (Phi) is 3.97. The van der Waals surface area contributed by atoms with Crippen LogP contribution < -0.4 is 5.73 Å². The number of rotatable bonds is 2. The topological polar surface area (TPSA) is 50.7 Å². The van der Waals surface area contributed by atoms with Gasteiger partial charge in [0.05, 0.1) is 6.54 Å². The standard InChI is InChI=1S/C4H7N3S/c1-2-3-6-4(5)7-8/h2H,1,3H2,(H2,5,6). The quantitative estimate of drug-likeness (QED) is 0.329. The van der Waals surface area contributed by atoms with Crippen LogP contribution in [0.3, 0.4) is 0 Å². The number of nitrogens with zero attached hydrogens (tertiary/aromatic N) is 2. The zero-order valence-electron chi connectivity index (χ0n) is 4.37. The van der Waals surface area contributed by atoms with Gasteiger partial charge in [0.25, 0.3) is 0 Å². The van der Waals surface area contributed by atoms with Crippen molar-refractivity contribution >= 4 is 18.4 Å². The summed E-state index contributed by atoms with van der Waals surface area (Å²) in [6.45, 7) is 3.91. The fourth-order valence-corrected chi connectivity index (χ4v) is 0.245. The summed E-state index contributed by atoms with van der Waals surface area (Å²) in [5, 5.41) is 0. The van der Waals surface area contributed by atoms with Gasteiger partial charge in [-0.1, -0.05) is 6.08 Å². The number of hydrogen-bond donors (Lipinski definition) is 1. The minimum absolute atomic E-state index is 0.139. The summed E-state index contributed by atoms with van der Waals surface area (Å²) in [6.07, 6.45) is 1.62. The maximum atomic E-state index is 5.09. The Labute approximate surface area is 53.5 Å². The zero-order valence-corrected chi connectivity index (χ0v) is 5.19. The lowest BCUT2D eigenvalue weighted by atomic mass is 10.6. The van der Waals surface area contributed by atoms with E-state index in [1.54, 1.807) is 6.08 Å². The van der Waals surface area contributed by atoms with E-state index in [4.69, 9.17) is 5.73 Å². The second-order valence-electron chi connectivity index (χ2n) is 1.08. The molecule has 0 aliphatic rings. The van der Waals surface area contributed by atoms with E-state index in [2.05, 4.69) is 28.4 Å². The predicted octanol–water partition coefficient (Wildman–Crippen LogP) is 0.218. The Morgan fingerprint density at radius 3 is 2.88 bits per heavy atom.